The topological polar surface area (TPSA) is 77.7 Å². The SMILES string of the molecule is CCC(COC)C(=O)N(Cc1ccc(-c2noc(C(F)(F)F)n2)cc1)CC1CCCO1. The zero-order valence-corrected chi connectivity index (χ0v) is 17.5. The van der Waals surface area contributed by atoms with E-state index in [1.165, 1.54) is 0 Å². The minimum atomic E-state index is -4.69. The van der Waals surface area contributed by atoms with E-state index in [0.29, 0.717) is 38.3 Å². The molecule has 1 aromatic carbocycles. The number of ether oxygens (including phenoxy) is 2. The zero-order chi connectivity index (χ0) is 22.4. The van der Waals surface area contributed by atoms with Crippen molar-refractivity contribution >= 4 is 5.91 Å². The summed E-state index contributed by atoms with van der Waals surface area (Å²) in [4.78, 5) is 18.3. The summed E-state index contributed by atoms with van der Waals surface area (Å²) >= 11 is 0. The van der Waals surface area contributed by atoms with E-state index in [-0.39, 0.29) is 23.8 Å². The fourth-order valence-electron chi connectivity index (χ4n) is 3.53. The van der Waals surface area contributed by atoms with E-state index < -0.39 is 12.1 Å². The van der Waals surface area contributed by atoms with Gasteiger partial charge in [-0.05, 0) is 24.8 Å². The average molecular weight is 441 g/mol. The molecule has 31 heavy (non-hydrogen) atoms. The van der Waals surface area contributed by atoms with Gasteiger partial charge in [0.1, 0.15) is 0 Å². The lowest BCUT2D eigenvalue weighted by atomic mass is 10.0. The molecule has 2 heterocycles. The first-order chi connectivity index (χ1) is 14.8. The van der Waals surface area contributed by atoms with Crippen LogP contribution in [0.15, 0.2) is 28.8 Å². The molecule has 10 heteroatoms. The highest BCUT2D eigenvalue weighted by molar-refractivity contribution is 5.79. The van der Waals surface area contributed by atoms with Crippen LogP contribution in [0.25, 0.3) is 11.4 Å². The van der Waals surface area contributed by atoms with Crippen LogP contribution in [0.1, 0.15) is 37.6 Å². The predicted octanol–water partition coefficient (Wildman–Crippen LogP) is 3.94. The molecule has 0 radical (unpaired) electrons. The summed E-state index contributed by atoms with van der Waals surface area (Å²) in [6.07, 6.45) is -2.15. The minimum Gasteiger partial charge on any atom is -0.384 e. The van der Waals surface area contributed by atoms with Gasteiger partial charge in [-0.15, -0.1) is 0 Å². The predicted molar refractivity (Wildman–Crippen MR) is 105 cm³/mol. The summed E-state index contributed by atoms with van der Waals surface area (Å²) in [6, 6.07) is 6.71. The highest BCUT2D eigenvalue weighted by Gasteiger charge is 2.38. The molecular weight excluding hydrogens is 415 g/mol. The quantitative estimate of drug-likeness (QED) is 0.587. The van der Waals surface area contributed by atoms with E-state index in [1.807, 2.05) is 6.92 Å². The van der Waals surface area contributed by atoms with Crippen molar-refractivity contribution in [3.8, 4) is 11.4 Å². The summed E-state index contributed by atoms with van der Waals surface area (Å²) in [6.45, 7) is 3.83. The van der Waals surface area contributed by atoms with Gasteiger partial charge in [0.15, 0.2) is 0 Å². The fraction of sp³-hybridized carbons (Fsp3) is 0.571. The van der Waals surface area contributed by atoms with Gasteiger partial charge in [-0.3, -0.25) is 4.79 Å². The lowest BCUT2D eigenvalue weighted by Gasteiger charge is -2.29. The Morgan fingerprint density at radius 2 is 2.06 bits per heavy atom. The van der Waals surface area contributed by atoms with E-state index in [0.717, 1.165) is 18.4 Å². The number of halogens is 3. The smallest absolute Gasteiger partial charge is 0.384 e. The Balaban J connectivity index is 1.74. The number of benzene rings is 1. The monoisotopic (exact) mass is 441 g/mol. The molecule has 0 saturated carbocycles. The number of methoxy groups -OCH3 is 1. The Morgan fingerprint density at radius 1 is 1.32 bits per heavy atom. The Bertz CT molecular complexity index is 848. The molecule has 1 aliphatic heterocycles. The molecule has 3 rings (SSSR count). The Hall–Kier alpha value is -2.46. The number of amides is 1. The van der Waals surface area contributed by atoms with Crippen LogP contribution in [0.4, 0.5) is 13.2 Å². The lowest BCUT2D eigenvalue weighted by molar-refractivity contribution is -0.159. The third kappa shape index (κ3) is 6.04. The number of hydrogen-bond donors (Lipinski definition) is 0. The maximum Gasteiger partial charge on any atom is 0.471 e. The Kier molecular flexibility index (Phi) is 7.66. The number of carbonyl (C=O) groups excluding carboxylic acids is 1. The van der Waals surface area contributed by atoms with Gasteiger partial charge in [0, 0.05) is 32.4 Å². The number of aromatic nitrogens is 2. The van der Waals surface area contributed by atoms with Crippen LogP contribution in [0.5, 0.6) is 0 Å². The van der Waals surface area contributed by atoms with Crippen LogP contribution in [0.3, 0.4) is 0 Å². The molecule has 1 aliphatic rings. The fourth-order valence-corrected chi connectivity index (χ4v) is 3.53. The van der Waals surface area contributed by atoms with Gasteiger partial charge in [-0.25, -0.2) is 0 Å². The van der Waals surface area contributed by atoms with Crippen molar-refractivity contribution < 1.29 is 32.0 Å². The van der Waals surface area contributed by atoms with Crippen molar-refractivity contribution in [2.45, 2.75) is 45.0 Å². The van der Waals surface area contributed by atoms with Gasteiger partial charge in [0.2, 0.25) is 11.7 Å². The molecule has 170 valence electrons. The first kappa shape index (κ1) is 23.2. The van der Waals surface area contributed by atoms with Crippen LogP contribution >= 0.6 is 0 Å². The Labute approximate surface area is 178 Å². The van der Waals surface area contributed by atoms with Crippen LogP contribution in [0, 0.1) is 5.92 Å². The van der Waals surface area contributed by atoms with Crippen molar-refractivity contribution in [3.05, 3.63) is 35.7 Å². The van der Waals surface area contributed by atoms with Crippen molar-refractivity contribution in [2.75, 3.05) is 26.9 Å². The third-order valence-electron chi connectivity index (χ3n) is 5.22. The second-order valence-corrected chi connectivity index (χ2v) is 7.53. The first-order valence-electron chi connectivity index (χ1n) is 10.2. The number of rotatable bonds is 9. The second kappa shape index (κ2) is 10.2. The largest absolute Gasteiger partial charge is 0.471 e. The molecule has 0 bridgehead atoms. The lowest BCUT2D eigenvalue weighted by Crippen LogP contribution is -2.41. The number of nitrogens with zero attached hydrogens (tertiary/aromatic N) is 3. The average Bonchev–Trinajstić information content (AvgIpc) is 3.43. The van der Waals surface area contributed by atoms with Crippen molar-refractivity contribution in [1.29, 1.82) is 0 Å². The molecule has 0 spiro atoms. The normalized spacial score (nSPS) is 17.6. The van der Waals surface area contributed by atoms with E-state index in [1.54, 1.807) is 36.3 Å². The van der Waals surface area contributed by atoms with Crippen LogP contribution < -0.4 is 0 Å². The molecule has 1 aromatic heterocycles. The maximum absolute atomic E-state index is 13.1. The van der Waals surface area contributed by atoms with E-state index in [9.17, 15) is 18.0 Å². The molecule has 2 atom stereocenters. The summed E-state index contributed by atoms with van der Waals surface area (Å²) < 4.78 is 53.2. The van der Waals surface area contributed by atoms with Gasteiger partial charge in [0.25, 0.3) is 0 Å². The molecule has 1 saturated heterocycles. The molecular formula is C21H26F3N3O4. The van der Waals surface area contributed by atoms with Crippen molar-refractivity contribution in [1.82, 2.24) is 15.0 Å². The van der Waals surface area contributed by atoms with E-state index in [4.69, 9.17) is 9.47 Å². The summed E-state index contributed by atoms with van der Waals surface area (Å²) in [5.74, 6) is -1.77. The van der Waals surface area contributed by atoms with E-state index in [2.05, 4.69) is 14.7 Å². The van der Waals surface area contributed by atoms with Gasteiger partial charge >= 0.3 is 12.1 Å². The second-order valence-electron chi connectivity index (χ2n) is 7.53. The van der Waals surface area contributed by atoms with Crippen LogP contribution in [0.2, 0.25) is 0 Å². The van der Waals surface area contributed by atoms with Crippen molar-refractivity contribution in [3.63, 3.8) is 0 Å². The molecule has 1 amide bonds. The summed E-state index contributed by atoms with van der Waals surface area (Å²) in [7, 11) is 1.57. The van der Waals surface area contributed by atoms with Crippen LogP contribution in [-0.2, 0) is 27.0 Å². The van der Waals surface area contributed by atoms with Gasteiger partial charge in [-0.1, -0.05) is 36.3 Å². The minimum absolute atomic E-state index is 0.00286. The molecule has 0 aliphatic carbocycles. The van der Waals surface area contributed by atoms with Gasteiger partial charge in [0.05, 0.1) is 18.6 Å². The molecule has 7 nitrogen and oxygen atoms in total. The highest BCUT2D eigenvalue weighted by Crippen LogP contribution is 2.29. The van der Waals surface area contributed by atoms with Gasteiger partial charge in [-0.2, -0.15) is 18.2 Å². The zero-order valence-electron chi connectivity index (χ0n) is 17.5. The third-order valence-corrected chi connectivity index (χ3v) is 5.22. The first-order valence-corrected chi connectivity index (χ1v) is 10.2. The standard InChI is InChI=1S/C21H26F3N3O4/c1-3-15(13-29-2)19(28)27(12-17-5-4-10-30-17)11-14-6-8-16(9-7-14)18-25-20(31-26-18)21(22,23)24/h6-9,15,17H,3-5,10-13H2,1-2H3. The number of alkyl halides is 3. The number of hydrogen-bond acceptors (Lipinski definition) is 6. The Morgan fingerprint density at radius 3 is 2.61 bits per heavy atom. The van der Waals surface area contributed by atoms with Gasteiger partial charge < -0.3 is 18.9 Å². The molecule has 2 unspecified atom stereocenters. The molecule has 1 fully saturated rings. The highest BCUT2D eigenvalue weighted by atomic mass is 19.4. The summed E-state index contributed by atoms with van der Waals surface area (Å²) in [5, 5.41) is 3.39. The molecule has 0 N–H and O–H groups in total. The summed E-state index contributed by atoms with van der Waals surface area (Å²) in [5.41, 5.74) is 1.23. The van der Waals surface area contributed by atoms with Crippen LogP contribution in [-0.4, -0.2) is 53.9 Å². The van der Waals surface area contributed by atoms with E-state index >= 15 is 0 Å². The number of carbonyl (C=O) groups is 1. The maximum atomic E-state index is 13.1. The molecule has 2 aromatic rings. The van der Waals surface area contributed by atoms with Crippen molar-refractivity contribution in [2.24, 2.45) is 5.92 Å².